The number of aliphatic hydroxyl groups excluding tert-OH is 1. The number of nitrogens with one attached hydrogen (secondary N) is 3. The van der Waals surface area contributed by atoms with Gasteiger partial charge in [0.15, 0.2) is 0 Å². The van der Waals surface area contributed by atoms with Crippen LogP contribution >= 0.6 is 22.9 Å². The molecule has 2 aromatic carbocycles. The van der Waals surface area contributed by atoms with Crippen LogP contribution in [0, 0.1) is 34.5 Å². The topological polar surface area (TPSA) is 199 Å². The maximum absolute atomic E-state index is 14.2. The number of β-amino-alcohol motifs (C(OH)–C–C–N with tert-alkyl or cyclic N) is 1. The molecule has 2 fully saturated rings. The van der Waals surface area contributed by atoms with Gasteiger partial charge in [0.1, 0.15) is 42.3 Å². The molecule has 400 valence electrons. The molecule has 1 aliphatic carbocycles. The Bertz CT molecular complexity index is 2640. The van der Waals surface area contributed by atoms with Crippen LogP contribution in [0.25, 0.3) is 10.4 Å². The molecule has 3 heterocycles. The molecule has 0 unspecified atom stereocenters. The van der Waals surface area contributed by atoms with Gasteiger partial charge >= 0.3 is 6.18 Å². The van der Waals surface area contributed by atoms with Gasteiger partial charge in [-0.2, -0.15) is 18.4 Å². The Balaban J connectivity index is 0.964. The van der Waals surface area contributed by atoms with Crippen molar-refractivity contribution >= 4 is 46.6 Å². The van der Waals surface area contributed by atoms with Gasteiger partial charge < -0.3 is 40.3 Å². The van der Waals surface area contributed by atoms with Crippen molar-refractivity contribution in [3.05, 3.63) is 99.4 Å². The van der Waals surface area contributed by atoms with E-state index in [1.54, 1.807) is 79.0 Å². The molecule has 2 aliphatic rings. The lowest BCUT2D eigenvalue weighted by atomic mass is 9.49. The molecule has 0 spiro atoms. The van der Waals surface area contributed by atoms with E-state index in [4.69, 9.17) is 21.1 Å². The van der Waals surface area contributed by atoms with Gasteiger partial charge in [-0.15, -0.1) is 11.3 Å². The molecule has 4 N–H and O–H groups in total. The SMILES string of the molecule is Cc1ncsc1-c1ccc([C@H](C)NC(=O)[C@@H]2C[C@@H](O)CN2C(=O)[C@@H](NC(=O)COCCN(CCCc2ccc(C(=O)NC3C(C)(C)C(Oc4ccc(C#N)c(Cl)c4)C3(C)C)nc2)CCC(F)(F)F)C(C)(C)C)cc1. The number of rotatable bonds is 21. The van der Waals surface area contributed by atoms with Crippen molar-refractivity contribution in [3.8, 4) is 22.3 Å². The number of likely N-dealkylation sites (tertiary alicyclic amines) is 1. The van der Waals surface area contributed by atoms with Crippen LogP contribution in [0.3, 0.4) is 0 Å². The second-order valence-corrected chi connectivity index (χ2v) is 22.9. The summed E-state index contributed by atoms with van der Waals surface area (Å²) >= 11 is 7.78. The van der Waals surface area contributed by atoms with Crippen molar-refractivity contribution in [2.45, 2.75) is 131 Å². The third kappa shape index (κ3) is 14.4. The lowest BCUT2D eigenvalue weighted by Gasteiger charge is -2.63. The van der Waals surface area contributed by atoms with Crippen molar-refractivity contribution < 1.29 is 46.9 Å². The first-order chi connectivity index (χ1) is 34.7. The van der Waals surface area contributed by atoms with Crippen molar-refractivity contribution in [2.75, 3.05) is 39.4 Å². The minimum atomic E-state index is -4.39. The summed E-state index contributed by atoms with van der Waals surface area (Å²) in [7, 11) is 0. The molecule has 4 aromatic rings. The molecule has 4 amide bonds. The highest BCUT2D eigenvalue weighted by atomic mass is 35.5. The molecule has 0 radical (unpaired) electrons. The number of halogens is 4. The number of pyridine rings is 1. The molecule has 2 aromatic heterocycles. The first kappa shape index (κ1) is 57.6. The number of thiazole rings is 1. The normalized spacial score (nSPS) is 20.0. The number of aromatic nitrogens is 2. The monoisotopic (exact) mass is 1060 g/mol. The fraction of sp³-hybridized carbons (Fsp3) is 0.537. The molecule has 4 atom stereocenters. The van der Waals surface area contributed by atoms with Gasteiger partial charge in [-0.3, -0.25) is 24.2 Å². The Morgan fingerprint density at radius 1 is 1.00 bits per heavy atom. The predicted molar refractivity (Wildman–Crippen MR) is 276 cm³/mol. The number of nitriles is 1. The Hall–Kier alpha value is -5.65. The van der Waals surface area contributed by atoms with E-state index in [9.17, 15) is 42.7 Å². The zero-order valence-electron chi connectivity index (χ0n) is 43.4. The molecular formula is C54H68ClF3N8O7S. The zero-order chi connectivity index (χ0) is 54.3. The van der Waals surface area contributed by atoms with Crippen molar-refractivity contribution in [1.29, 1.82) is 5.26 Å². The largest absolute Gasteiger partial charge is 0.489 e. The van der Waals surface area contributed by atoms with Gasteiger partial charge in [0.05, 0.1) is 51.8 Å². The quantitative estimate of drug-likeness (QED) is 0.0587. The molecule has 0 bridgehead atoms. The summed E-state index contributed by atoms with van der Waals surface area (Å²) in [6.07, 6.45) is -4.12. The number of amides is 4. The van der Waals surface area contributed by atoms with Gasteiger partial charge in [-0.25, -0.2) is 4.98 Å². The number of ether oxygens (including phenoxy) is 2. The van der Waals surface area contributed by atoms with Gasteiger partial charge in [0.2, 0.25) is 17.7 Å². The highest BCUT2D eigenvalue weighted by Crippen LogP contribution is 2.55. The second-order valence-electron chi connectivity index (χ2n) is 21.6. The van der Waals surface area contributed by atoms with Gasteiger partial charge in [0, 0.05) is 55.2 Å². The summed E-state index contributed by atoms with van der Waals surface area (Å²) < 4.78 is 52.1. The summed E-state index contributed by atoms with van der Waals surface area (Å²) in [6.45, 7) is 16.5. The fourth-order valence-electron chi connectivity index (χ4n) is 10.2. The van der Waals surface area contributed by atoms with Crippen LogP contribution in [0.5, 0.6) is 5.75 Å². The first-order valence-electron chi connectivity index (χ1n) is 24.8. The fourth-order valence-corrected chi connectivity index (χ4v) is 11.2. The smallest absolute Gasteiger partial charge is 0.390 e. The summed E-state index contributed by atoms with van der Waals surface area (Å²) in [4.78, 5) is 67.3. The molecule has 1 saturated heterocycles. The highest BCUT2D eigenvalue weighted by molar-refractivity contribution is 7.13. The van der Waals surface area contributed by atoms with E-state index < -0.39 is 77.4 Å². The van der Waals surface area contributed by atoms with E-state index in [1.807, 2.05) is 71.9 Å². The third-order valence-corrected chi connectivity index (χ3v) is 15.3. The van der Waals surface area contributed by atoms with Crippen LogP contribution in [0.1, 0.15) is 114 Å². The molecular weight excluding hydrogens is 997 g/mol. The van der Waals surface area contributed by atoms with Crippen molar-refractivity contribution in [3.63, 3.8) is 0 Å². The molecule has 1 saturated carbocycles. The molecule has 20 heteroatoms. The molecule has 1 aliphatic heterocycles. The van der Waals surface area contributed by atoms with Crippen molar-refractivity contribution in [2.24, 2.45) is 16.2 Å². The maximum Gasteiger partial charge on any atom is 0.390 e. The van der Waals surface area contributed by atoms with Gasteiger partial charge in [-0.1, -0.05) is 90.4 Å². The number of hydrogen-bond donors (Lipinski definition) is 4. The van der Waals surface area contributed by atoms with E-state index in [1.165, 1.54) is 4.90 Å². The molecule has 6 rings (SSSR count). The summed E-state index contributed by atoms with van der Waals surface area (Å²) in [5.74, 6) is -1.44. The number of aliphatic hydroxyl groups is 1. The van der Waals surface area contributed by atoms with Crippen LogP contribution in [0.2, 0.25) is 5.02 Å². The van der Waals surface area contributed by atoms with E-state index in [0.717, 1.165) is 27.3 Å². The average Bonchev–Trinajstić information content (AvgIpc) is 3.96. The number of benzene rings is 2. The minimum Gasteiger partial charge on any atom is -0.489 e. The van der Waals surface area contributed by atoms with Crippen LogP contribution in [-0.2, 0) is 25.5 Å². The van der Waals surface area contributed by atoms with E-state index in [2.05, 4.69) is 25.9 Å². The Kier molecular flexibility index (Phi) is 18.6. The van der Waals surface area contributed by atoms with Crippen molar-refractivity contribution in [1.82, 2.24) is 35.7 Å². The van der Waals surface area contributed by atoms with E-state index in [-0.39, 0.29) is 63.0 Å². The third-order valence-electron chi connectivity index (χ3n) is 14.0. The number of aryl methyl sites for hydroxylation is 2. The Labute approximate surface area is 440 Å². The van der Waals surface area contributed by atoms with Crippen LogP contribution < -0.4 is 20.7 Å². The van der Waals surface area contributed by atoms with Gasteiger partial charge in [0.25, 0.3) is 5.91 Å². The highest BCUT2D eigenvalue weighted by Gasteiger charge is 2.64. The number of carbonyl (C=O) groups excluding carboxylic acids is 4. The van der Waals surface area contributed by atoms with E-state index in [0.29, 0.717) is 29.2 Å². The lowest BCUT2D eigenvalue weighted by Crippen LogP contribution is -2.74. The number of alkyl halides is 3. The second kappa shape index (κ2) is 23.9. The summed E-state index contributed by atoms with van der Waals surface area (Å²) in [5.41, 5.74) is 4.15. The molecule has 74 heavy (non-hydrogen) atoms. The number of hydrogen-bond acceptors (Lipinski definition) is 12. The predicted octanol–water partition coefficient (Wildman–Crippen LogP) is 8.22. The molecule has 15 nitrogen and oxygen atoms in total. The minimum absolute atomic E-state index is 0.0196. The first-order valence-corrected chi connectivity index (χ1v) is 26.0. The lowest BCUT2D eigenvalue weighted by molar-refractivity contribution is -0.164. The Morgan fingerprint density at radius 3 is 2.30 bits per heavy atom. The van der Waals surface area contributed by atoms with Crippen LogP contribution in [0.4, 0.5) is 13.2 Å². The Morgan fingerprint density at radius 2 is 1.70 bits per heavy atom. The number of carbonyl (C=O) groups is 4. The number of nitrogens with zero attached hydrogens (tertiary/aromatic N) is 5. The zero-order valence-corrected chi connectivity index (χ0v) is 45.0. The van der Waals surface area contributed by atoms with Crippen LogP contribution in [-0.4, -0.2) is 124 Å². The standard InChI is InChI=1S/C54H68ClF3N8O7S/c1-32(35-13-15-36(16-14-35)44-33(2)61-31-74-44)62-47(70)42-25-38(67)29-66(42)48(71)45(51(3,4)5)63-43(68)30-72-24-23-65(22-20-54(56,57)58)21-10-11-34-12-19-41(60-28-34)46(69)64-49-52(6,7)50(53(49,8)9)73-39-18-17-37(27-59)40(55)26-39/h12-19,26,28,31-32,38,42,45,49-50,67H,10-11,20-25,29-30H2,1-9H3,(H,62,70)(H,63,68)(H,64,69)/t32-,38+,42-,45+,49?,50?/m0/s1. The van der Waals surface area contributed by atoms with Crippen LogP contribution in [0.15, 0.2) is 66.3 Å². The summed E-state index contributed by atoms with van der Waals surface area (Å²) in [6, 6.07) is 15.3. The van der Waals surface area contributed by atoms with Gasteiger partial charge in [-0.05, 0) is 73.5 Å². The summed E-state index contributed by atoms with van der Waals surface area (Å²) in [5, 5.41) is 29.0. The average molecular weight is 1070 g/mol. The van der Waals surface area contributed by atoms with E-state index >= 15 is 0 Å². The maximum atomic E-state index is 14.2.